The van der Waals surface area contributed by atoms with Gasteiger partial charge in [-0.25, -0.2) is 0 Å². The average molecular weight is 441 g/mol. The topological polar surface area (TPSA) is 94.7 Å². The number of amides is 1. The van der Waals surface area contributed by atoms with E-state index in [1.807, 2.05) is 13.8 Å². The largest absolute Gasteiger partial charge is 0.405 e. The Morgan fingerprint density at radius 3 is 2.67 bits per heavy atom. The number of halogens is 4. The first-order valence-electron chi connectivity index (χ1n) is 9.13. The maximum Gasteiger partial charge on any atom is 0.405 e. The highest BCUT2D eigenvalue weighted by atomic mass is 35.5. The van der Waals surface area contributed by atoms with E-state index in [0.717, 1.165) is 0 Å². The Morgan fingerprint density at radius 2 is 2.00 bits per heavy atom. The van der Waals surface area contributed by atoms with E-state index >= 15 is 0 Å². The predicted molar refractivity (Wildman–Crippen MR) is 110 cm³/mol. The van der Waals surface area contributed by atoms with Crippen molar-refractivity contribution in [2.45, 2.75) is 20.0 Å². The quantitative estimate of drug-likeness (QED) is 0.426. The number of H-pyrrole nitrogens is 1. The molecule has 0 aliphatic heterocycles. The van der Waals surface area contributed by atoms with Gasteiger partial charge in [0.05, 0.1) is 16.0 Å². The molecule has 0 unspecified atom stereocenters. The smallest absolute Gasteiger partial charge is 0.360 e. The van der Waals surface area contributed by atoms with Crippen molar-refractivity contribution in [3.8, 4) is 0 Å². The standard InChI is InChI=1S/C19H20ClF3N6O/c1-10(2)8-25-17(30)12-4-3-11(7-14(12)20)27-18-28-15-13(5-6-24-15)16(29-18)26-9-19(21,22)23/h3-7,10H,8-9H2,1-2H3,(H,25,30)(H3,24,26,27,28,29). The van der Waals surface area contributed by atoms with Crippen LogP contribution >= 0.6 is 11.6 Å². The van der Waals surface area contributed by atoms with Crippen molar-refractivity contribution in [3.05, 3.63) is 41.0 Å². The molecule has 0 bridgehead atoms. The van der Waals surface area contributed by atoms with Gasteiger partial charge in [0.25, 0.3) is 5.91 Å². The molecule has 0 atom stereocenters. The number of carbonyl (C=O) groups is 1. The van der Waals surface area contributed by atoms with Crippen LogP contribution in [-0.4, -0.2) is 40.1 Å². The Kier molecular flexibility index (Phi) is 6.35. The molecule has 1 amide bonds. The van der Waals surface area contributed by atoms with E-state index in [1.165, 1.54) is 6.07 Å². The third-order valence-electron chi connectivity index (χ3n) is 4.01. The van der Waals surface area contributed by atoms with Gasteiger partial charge in [0.2, 0.25) is 5.95 Å². The molecule has 30 heavy (non-hydrogen) atoms. The number of hydrogen-bond acceptors (Lipinski definition) is 5. The zero-order valence-corrected chi connectivity index (χ0v) is 16.9. The van der Waals surface area contributed by atoms with Crippen molar-refractivity contribution in [1.29, 1.82) is 0 Å². The number of anilines is 3. The second-order valence-electron chi connectivity index (χ2n) is 7.03. The lowest BCUT2D eigenvalue weighted by atomic mass is 10.1. The van der Waals surface area contributed by atoms with Crippen molar-refractivity contribution in [2.75, 3.05) is 23.7 Å². The van der Waals surface area contributed by atoms with Gasteiger partial charge in [-0.15, -0.1) is 0 Å². The van der Waals surface area contributed by atoms with Crippen LogP contribution < -0.4 is 16.0 Å². The van der Waals surface area contributed by atoms with E-state index in [-0.39, 0.29) is 22.7 Å². The highest BCUT2D eigenvalue weighted by Crippen LogP contribution is 2.26. The molecule has 0 radical (unpaired) electrons. The SMILES string of the molecule is CC(C)CNC(=O)c1ccc(Nc2nc(NCC(F)(F)F)c3cc[nH]c3n2)cc1Cl. The Morgan fingerprint density at radius 1 is 1.23 bits per heavy atom. The number of fused-ring (bicyclic) bond motifs is 1. The summed E-state index contributed by atoms with van der Waals surface area (Å²) in [7, 11) is 0. The minimum absolute atomic E-state index is 0.0388. The molecular formula is C19H20ClF3N6O. The highest BCUT2D eigenvalue weighted by Gasteiger charge is 2.27. The molecule has 2 aromatic heterocycles. The molecule has 0 fully saturated rings. The van der Waals surface area contributed by atoms with Gasteiger partial charge in [0, 0.05) is 18.4 Å². The second kappa shape index (κ2) is 8.78. The lowest BCUT2D eigenvalue weighted by Crippen LogP contribution is -2.27. The summed E-state index contributed by atoms with van der Waals surface area (Å²) in [6.45, 7) is 3.25. The number of aromatic amines is 1. The Hall–Kier alpha value is -3.01. The molecule has 0 aliphatic carbocycles. The third kappa shape index (κ3) is 5.53. The van der Waals surface area contributed by atoms with Gasteiger partial charge in [-0.1, -0.05) is 25.4 Å². The van der Waals surface area contributed by atoms with E-state index in [9.17, 15) is 18.0 Å². The number of rotatable bonds is 7. The third-order valence-corrected chi connectivity index (χ3v) is 4.33. The molecule has 3 aromatic rings. The first-order valence-corrected chi connectivity index (χ1v) is 9.50. The van der Waals surface area contributed by atoms with E-state index in [0.29, 0.717) is 34.7 Å². The van der Waals surface area contributed by atoms with Gasteiger partial charge in [0.1, 0.15) is 18.0 Å². The summed E-state index contributed by atoms with van der Waals surface area (Å²) in [5.41, 5.74) is 1.16. The fourth-order valence-electron chi connectivity index (χ4n) is 2.61. The molecule has 0 spiro atoms. The number of nitrogens with one attached hydrogen (secondary N) is 4. The van der Waals surface area contributed by atoms with Gasteiger partial charge >= 0.3 is 6.18 Å². The van der Waals surface area contributed by atoms with Crippen molar-refractivity contribution in [3.63, 3.8) is 0 Å². The van der Waals surface area contributed by atoms with E-state index in [4.69, 9.17) is 11.6 Å². The van der Waals surface area contributed by atoms with E-state index < -0.39 is 12.7 Å². The van der Waals surface area contributed by atoms with Crippen molar-refractivity contribution in [1.82, 2.24) is 20.3 Å². The maximum atomic E-state index is 12.6. The van der Waals surface area contributed by atoms with Gasteiger partial charge in [-0.05, 0) is 30.2 Å². The summed E-state index contributed by atoms with van der Waals surface area (Å²) >= 11 is 6.23. The van der Waals surface area contributed by atoms with Crippen LogP contribution in [0.2, 0.25) is 5.02 Å². The van der Waals surface area contributed by atoms with Crippen LogP contribution in [0.3, 0.4) is 0 Å². The van der Waals surface area contributed by atoms with Crippen molar-refractivity contribution >= 4 is 46.0 Å². The molecule has 11 heteroatoms. The van der Waals surface area contributed by atoms with Crippen molar-refractivity contribution < 1.29 is 18.0 Å². The molecule has 2 heterocycles. The summed E-state index contributed by atoms with van der Waals surface area (Å²) in [6, 6.07) is 6.27. The number of hydrogen-bond donors (Lipinski definition) is 4. The molecule has 160 valence electrons. The fourth-order valence-corrected chi connectivity index (χ4v) is 2.88. The van der Waals surface area contributed by atoms with Gasteiger partial charge in [-0.2, -0.15) is 23.1 Å². The highest BCUT2D eigenvalue weighted by molar-refractivity contribution is 6.34. The predicted octanol–water partition coefficient (Wildman–Crippen LogP) is 4.71. The summed E-state index contributed by atoms with van der Waals surface area (Å²) in [4.78, 5) is 23.4. The minimum Gasteiger partial charge on any atom is -0.360 e. The summed E-state index contributed by atoms with van der Waals surface area (Å²) in [5, 5.41) is 8.62. The molecule has 0 saturated heterocycles. The zero-order chi connectivity index (χ0) is 21.9. The Balaban J connectivity index is 1.80. The van der Waals surface area contributed by atoms with Crippen LogP contribution in [0.5, 0.6) is 0 Å². The van der Waals surface area contributed by atoms with Gasteiger partial charge in [-0.3, -0.25) is 4.79 Å². The van der Waals surface area contributed by atoms with Crippen LogP contribution in [0.1, 0.15) is 24.2 Å². The van der Waals surface area contributed by atoms with Crippen molar-refractivity contribution in [2.24, 2.45) is 5.92 Å². The van der Waals surface area contributed by atoms with Gasteiger partial charge < -0.3 is 20.9 Å². The molecule has 0 aliphatic rings. The fraction of sp³-hybridized carbons (Fsp3) is 0.316. The normalized spacial score (nSPS) is 11.7. The zero-order valence-electron chi connectivity index (χ0n) is 16.2. The minimum atomic E-state index is -4.39. The van der Waals surface area contributed by atoms with E-state index in [2.05, 4.69) is 30.9 Å². The van der Waals surface area contributed by atoms with Crippen LogP contribution in [0.15, 0.2) is 30.5 Å². The maximum absolute atomic E-state index is 12.6. The molecule has 0 saturated carbocycles. The summed E-state index contributed by atoms with van der Waals surface area (Å²) in [6.07, 6.45) is -2.83. The monoisotopic (exact) mass is 440 g/mol. The van der Waals surface area contributed by atoms with Crippen LogP contribution in [0.25, 0.3) is 11.0 Å². The first kappa shape index (κ1) is 21.7. The molecule has 1 aromatic carbocycles. The number of aromatic nitrogens is 3. The number of alkyl halides is 3. The van der Waals surface area contributed by atoms with Gasteiger partial charge in [0.15, 0.2) is 0 Å². The lowest BCUT2D eigenvalue weighted by Gasteiger charge is -2.13. The summed E-state index contributed by atoms with van der Waals surface area (Å²) in [5.74, 6) is 0.122. The first-order chi connectivity index (χ1) is 14.1. The van der Waals surface area contributed by atoms with Crippen LogP contribution in [0.4, 0.5) is 30.6 Å². The number of benzene rings is 1. The summed E-state index contributed by atoms with van der Waals surface area (Å²) < 4.78 is 37.8. The Bertz CT molecular complexity index is 1050. The van der Waals surface area contributed by atoms with E-state index in [1.54, 1.807) is 24.4 Å². The number of nitrogens with zero attached hydrogens (tertiary/aromatic N) is 2. The average Bonchev–Trinajstić information content (AvgIpc) is 3.12. The number of carbonyl (C=O) groups excluding carboxylic acids is 1. The van der Waals surface area contributed by atoms with Crippen LogP contribution in [0, 0.1) is 5.92 Å². The second-order valence-corrected chi connectivity index (χ2v) is 7.44. The molecule has 4 N–H and O–H groups in total. The lowest BCUT2D eigenvalue weighted by molar-refractivity contribution is -0.115. The molecule has 3 rings (SSSR count). The molecule has 7 nitrogen and oxygen atoms in total. The Labute approximate surface area is 175 Å². The molecular weight excluding hydrogens is 421 g/mol. The van der Waals surface area contributed by atoms with Crippen LogP contribution in [-0.2, 0) is 0 Å².